The lowest BCUT2D eigenvalue weighted by molar-refractivity contribution is 0.0740. The number of hydrogen-bond donors (Lipinski definition) is 1. The van der Waals surface area contributed by atoms with Crippen LogP contribution in [0, 0.1) is 0 Å². The fourth-order valence-corrected chi connectivity index (χ4v) is 2.82. The number of halogens is 1. The molecule has 1 aliphatic rings. The zero-order valence-electron chi connectivity index (χ0n) is 11.6. The van der Waals surface area contributed by atoms with Gasteiger partial charge in [0.1, 0.15) is 11.5 Å². The van der Waals surface area contributed by atoms with E-state index in [0.29, 0.717) is 23.9 Å². The van der Waals surface area contributed by atoms with Crippen molar-refractivity contribution in [1.29, 1.82) is 0 Å². The molecular formula is C16H16ClN3O. The van der Waals surface area contributed by atoms with Crippen molar-refractivity contribution >= 4 is 23.3 Å². The molecule has 2 N–H and O–H groups in total. The first-order chi connectivity index (χ1) is 10.1. The summed E-state index contributed by atoms with van der Waals surface area (Å²) in [4.78, 5) is 18.5. The van der Waals surface area contributed by atoms with E-state index in [2.05, 4.69) is 17.1 Å². The fourth-order valence-electron chi connectivity index (χ4n) is 2.63. The Labute approximate surface area is 128 Å². The second-order valence-corrected chi connectivity index (χ2v) is 5.57. The molecule has 2 heterocycles. The molecule has 0 fully saturated rings. The Balaban J connectivity index is 1.90. The van der Waals surface area contributed by atoms with Gasteiger partial charge in [0.25, 0.3) is 5.91 Å². The van der Waals surface area contributed by atoms with Gasteiger partial charge in [-0.3, -0.25) is 4.79 Å². The van der Waals surface area contributed by atoms with E-state index in [4.69, 9.17) is 17.3 Å². The molecule has 1 aromatic carbocycles. The number of anilines is 1. The van der Waals surface area contributed by atoms with E-state index in [9.17, 15) is 4.79 Å². The Morgan fingerprint density at radius 3 is 2.76 bits per heavy atom. The van der Waals surface area contributed by atoms with Crippen molar-refractivity contribution in [3.8, 4) is 0 Å². The van der Waals surface area contributed by atoms with E-state index >= 15 is 0 Å². The van der Waals surface area contributed by atoms with Crippen molar-refractivity contribution in [3.05, 3.63) is 58.2 Å². The van der Waals surface area contributed by atoms with Crippen LogP contribution in [0.4, 0.5) is 5.82 Å². The molecule has 108 valence electrons. The van der Waals surface area contributed by atoms with Crippen LogP contribution in [-0.2, 0) is 13.0 Å². The predicted molar refractivity (Wildman–Crippen MR) is 83.2 cm³/mol. The molecular weight excluding hydrogens is 286 g/mol. The summed E-state index contributed by atoms with van der Waals surface area (Å²) in [5, 5.41) is 0.340. The number of pyridine rings is 1. The maximum absolute atomic E-state index is 12.7. The summed E-state index contributed by atoms with van der Waals surface area (Å²) in [7, 11) is 0. The van der Waals surface area contributed by atoms with Crippen LogP contribution in [0.5, 0.6) is 0 Å². The van der Waals surface area contributed by atoms with Gasteiger partial charge in [0.2, 0.25) is 0 Å². The molecule has 3 rings (SSSR count). The van der Waals surface area contributed by atoms with Crippen LogP contribution in [0.1, 0.15) is 28.0 Å². The average Bonchev–Trinajstić information content (AvgIpc) is 2.71. The normalized spacial score (nSPS) is 14.4. The zero-order valence-corrected chi connectivity index (χ0v) is 12.3. The zero-order chi connectivity index (χ0) is 14.8. The number of rotatable bonds is 1. The summed E-state index contributed by atoms with van der Waals surface area (Å²) in [5.74, 6) is 0.141. The van der Waals surface area contributed by atoms with Gasteiger partial charge in [-0.2, -0.15) is 0 Å². The van der Waals surface area contributed by atoms with Gasteiger partial charge in [-0.25, -0.2) is 4.98 Å². The van der Waals surface area contributed by atoms with Gasteiger partial charge in [-0.05, 0) is 36.1 Å². The molecule has 0 saturated carbocycles. The topological polar surface area (TPSA) is 59.2 Å². The van der Waals surface area contributed by atoms with E-state index < -0.39 is 0 Å². The Bertz CT molecular complexity index is 687. The number of carbonyl (C=O) groups is 1. The summed E-state index contributed by atoms with van der Waals surface area (Å²) in [5.41, 5.74) is 8.38. The van der Waals surface area contributed by atoms with Crippen LogP contribution in [0.3, 0.4) is 0 Å². The first-order valence-corrected chi connectivity index (χ1v) is 7.31. The first kappa shape index (κ1) is 13.9. The second kappa shape index (κ2) is 5.74. The molecule has 1 amide bonds. The molecule has 0 unspecified atom stereocenters. The van der Waals surface area contributed by atoms with E-state index in [1.807, 2.05) is 12.1 Å². The molecule has 4 nitrogen and oxygen atoms in total. The number of nitrogens with zero attached hydrogens (tertiary/aromatic N) is 2. The molecule has 0 bridgehead atoms. The van der Waals surface area contributed by atoms with E-state index in [1.54, 1.807) is 17.0 Å². The summed E-state index contributed by atoms with van der Waals surface area (Å²) in [6, 6.07) is 11.4. The molecule has 1 aliphatic heterocycles. The lowest BCUT2D eigenvalue weighted by Gasteiger charge is -2.21. The number of benzene rings is 1. The van der Waals surface area contributed by atoms with Crippen LogP contribution in [0.15, 0.2) is 36.4 Å². The number of nitrogens with two attached hydrogens (primary N) is 1. The average molecular weight is 302 g/mol. The molecule has 0 saturated heterocycles. The summed E-state index contributed by atoms with van der Waals surface area (Å²) >= 11 is 6.09. The van der Waals surface area contributed by atoms with Crippen molar-refractivity contribution in [3.63, 3.8) is 0 Å². The van der Waals surface area contributed by atoms with Crippen molar-refractivity contribution in [2.24, 2.45) is 0 Å². The quantitative estimate of drug-likeness (QED) is 0.881. The van der Waals surface area contributed by atoms with Crippen LogP contribution < -0.4 is 5.73 Å². The highest BCUT2D eigenvalue weighted by atomic mass is 35.5. The van der Waals surface area contributed by atoms with Crippen molar-refractivity contribution in [1.82, 2.24) is 9.88 Å². The Hall–Kier alpha value is -2.07. The molecule has 5 heteroatoms. The van der Waals surface area contributed by atoms with Crippen molar-refractivity contribution in [2.45, 2.75) is 19.4 Å². The fraction of sp³-hybridized carbons (Fsp3) is 0.250. The number of aromatic nitrogens is 1. The third-order valence-corrected chi connectivity index (χ3v) is 4.02. The minimum atomic E-state index is -0.163. The maximum atomic E-state index is 12.7. The van der Waals surface area contributed by atoms with Crippen molar-refractivity contribution in [2.75, 3.05) is 12.3 Å². The Kier molecular flexibility index (Phi) is 3.80. The van der Waals surface area contributed by atoms with Gasteiger partial charge in [0, 0.05) is 13.1 Å². The molecule has 0 spiro atoms. The van der Waals surface area contributed by atoms with Gasteiger partial charge in [-0.15, -0.1) is 0 Å². The minimum absolute atomic E-state index is 0.163. The first-order valence-electron chi connectivity index (χ1n) is 6.93. The van der Waals surface area contributed by atoms with E-state index in [0.717, 1.165) is 12.8 Å². The van der Waals surface area contributed by atoms with Crippen LogP contribution in [0.2, 0.25) is 5.02 Å². The molecule has 0 aliphatic carbocycles. The number of carbonyl (C=O) groups excluding carboxylic acids is 1. The van der Waals surface area contributed by atoms with Crippen LogP contribution >= 0.6 is 11.6 Å². The molecule has 0 radical (unpaired) electrons. The van der Waals surface area contributed by atoms with Gasteiger partial charge in [0.05, 0.1) is 5.02 Å². The van der Waals surface area contributed by atoms with E-state index in [-0.39, 0.29) is 11.6 Å². The summed E-state index contributed by atoms with van der Waals surface area (Å²) in [6.07, 6.45) is 1.92. The number of amides is 1. The van der Waals surface area contributed by atoms with Gasteiger partial charge in [-0.1, -0.05) is 35.9 Å². The lowest BCUT2D eigenvalue weighted by Crippen LogP contribution is -2.31. The van der Waals surface area contributed by atoms with Crippen LogP contribution in [-0.4, -0.2) is 22.3 Å². The van der Waals surface area contributed by atoms with Gasteiger partial charge in [0.15, 0.2) is 0 Å². The van der Waals surface area contributed by atoms with Gasteiger partial charge >= 0.3 is 0 Å². The van der Waals surface area contributed by atoms with Gasteiger partial charge < -0.3 is 10.6 Å². The highest BCUT2D eigenvalue weighted by Gasteiger charge is 2.23. The standard InChI is InChI=1S/C16H16ClN3O/c17-13-7-8-14(18)19-15(13)16(21)20-9-3-6-11-4-1-2-5-12(11)10-20/h1-2,4-5,7-8H,3,6,9-10H2,(H2,18,19). The second-order valence-electron chi connectivity index (χ2n) is 5.17. The number of nitrogen functional groups attached to an aromatic ring is 1. The lowest BCUT2D eigenvalue weighted by atomic mass is 10.0. The predicted octanol–water partition coefficient (Wildman–Crippen LogP) is 2.91. The maximum Gasteiger partial charge on any atom is 0.274 e. The van der Waals surface area contributed by atoms with Crippen LogP contribution in [0.25, 0.3) is 0 Å². The third kappa shape index (κ3) is 2.85. The van der Waals surface area contributed by atoms with E-state index in [1.165, 1.54) is 11.1 Å². The van der Waals surface area contributed by atoms with Crippen molar-refractivity contribution < 1.29 is 4.79 Å². The monoisotopic (exact) mass is 301 g/mol. The molecule has 1 aromatic heterocycles. The highest BCUT2D eigenvalue weighted by molar-refractivity contribution is 6.33. The molecule has 21 heavy (non-hydrogen) atoms. The SMILES string of the molecule is Nc1ccc(Cl)c(C(=O)N2CCCc3ccccc3C2)n1. The summed E-state index contributed by atoms with van der Waals surface area (Å²) in [6.45, 7) is 1.28. The number of hydrogen-bond acceptors (Lipinski definition) is 3. The Morgan fingerprint density at radius 1 is 1.19 bits per heavy atom. The Morgan fingerprint density at radius 2 is 1.95 bits per heavy atom. The third-order valence-electron chi connectivity index (χ3n) is 3.71. The highest BCUT2D eigenvalue weighted by Crippen LogP contribution is 2.22. The summed E-state index contributed by atoms with van der Waals surface area (Å²) < 4.78 is 0. The smallest absolute Gasteiger partial charge is 0.274 e. The number of fused-ring (bicyclic) bond motifs is 1. The number of aryl methyl sites for hydroxylation is 1. The largest absolute Gasteiger partial charge is 0.384 e. The molecule has 0 atom stereocenters. The molecule has 2 aromatic rings. The minimum Gasteiger partial charge on any atom is -0.384 e.